The molecule has 0 unspecified atom stereocenters. The van der Waals surface area contributed by atoms with E-state index in [1.807, 2.05) is 0 Å². The van der Waals surface area contributed by atoms with Crippen LogP contribution in [-0.2, 0) is 6.54 Å². The highest BCUT2D eigenvalue weighted by Gasteiger charge is 2.09. The van der Waals surface area contributed by atoms with Crippen molar-refractivity contribution in [2.75, 3.05) is 5.32 Å². The van der Waals surface area contributed by atoms with E-state index in [2.05, 4.69) is 20.6 Å². The van der Waals surface area contributed by atoms with Crippen molar-refractivity contribution in [3.8, 4) is 0 Å². The zero-order chi connectivity index (χ0) is 17.6. The van der Waals surface area contributed by atoms with Crippen LogP contribution in [0.2, 0.25) is 0 Å². The predicted octanol–water partition coefficient (Wildman–Crippen LogP) is 3.43. The predicted molar refractivity (Wildman–Crippen MR) is 89.3 cm³/mol. The van der Waals surface area contributed by atoms with E-state index in [9.17, 15) is 13.6 Å². The molecular weight excluding hydrogens is 326 g/mol. The van der Waals surface area contributed by atoms with Gasteiger partial charge in [-0.05, 0) is 24.3 Å². The van der Waals surface area contributed by atoms with Crippen molar-refractivity contribution in [3.05, 3.63) is 83.8 Å². The zero-order valence-corrected chi connectivity index (χ0v) is 13.0. The third-order valence-electron chi connectivity index (χ3n) is 3.38. The van der Waals surface area contributed by atoms with Gasteiger partial charge in [-0.2, -0.15) is 0 Å². The van der Waals surface area contributed by atoms with Crippen LogP contribution in [-0.4, -0.2) is 15.9 Å². The summed E-state index contributed by atoms with van der Waals surface area (Å²) in [4.78, 5) is 20.1. The maximum absolute atomic E-state index is 13.5. The monoisotopic (exact) mass is 340 g/mol. The van der Waals surface area contributed by atoms with Crippen LogP contribution in [0.25, 0.3) is 0 Å². The Morgan fingerprint density at radius 3 is 2.56 bits per heavy atom. The average Bonchev–Trinajstić information content (AvgIpc) is 2.61. The van der Waals surface area contributed by atoms with Gasteiger partial charge in [0.1, 0.15) is 23.1 Å². The fourth-order valence-corrected chi connectivity index (χ4v) is 2.13. The third kappa shape index (κ3) is 4.35. The molecule has 0 atom stereocenters. The molecule has 2 aromatic carbocycles. The number of aromatic nitrogens is 2. The third-order valence-corrected chi connectivity index (χ3v) is 3.38. The first-order valence-corrected chi connectivity index (χ1v) is 7.48. The molecule has 126 valence electrons. The van der Waals surface area contributed by atoms with Gasteiger partial charge < -0.3 is 10.6 Å². The molecule has 5 nitrogen and oxygen atoms in total. The highest BCUT2D eigenvalue weighted by atomic mass is 19.1. The highest BCUT2D eigenvalue weighted by molar-refractivity contribution is 5.92. The van der Waals surface area contributed by atoms with Crippen molar-refractivity contribution in [1.82, 2.24) is 15.3 Å². The molecule has 2 N–H and O–H groups in total. The first-order valence-electron chi connectivity index (χ1n) is 7.48. The summed E-state index contributed by atoms with van der Waals surface area (Å²) >= 11 is 0. The van der Waals surface area contributed by atoms with E-state index in [0.717, 1.165) is 0 Å². The lowest BCUT2D eigenvalue weighted by Crippen LogP contribution is -2.24. The number of anilines is 2. The molecule has 3 aromatic rings. The number of carbonyl (C=O) groups excluding carboxylic acids is 1. The van der Waals surface area contributed by atoms with E-state index < -0.39 is 5.91 Å². The lowest BCUT2D eigenvalue weighted by atomic mass is 10.2. The van der Waals surface area contributed by atoms with Crippen LogP contribution in [0.4, 0.5) is 20.3 Å². The van der Waals surface area contributed by atoms with E-state index in [0.29, 0.717) is 17.1 Å². The van der Waals surface area contributed by atoms with Gasteiger partial charge in [0.25, 0.3) is 5.91 Å². The molecule has 1 amide bonds. The molecule has 0 aliphatic rings. The van der Waals surface area contributed by atoms with Crippen molar-refractivity contribution >= 4 is 17.4 Å². The summed E-state index contributed by atoms with van der Waals surface area (Å²) in [6.45, 7) is 0.0521. The molecule has 1 heterocycles. The maximum Gasteiger partial charge on any atom is 0.271 e. The number of nitrogens with zero attached hydrogens (tertiary/aromatic N) is 2. The second kappa shape index (κ2) is 7.48. The first kappa shape index (κ1) is 16.5. The van der Waals surface area contributed by atoms with Crippen LogP contribution in [0.5, 0.6) is 0 Å². The summed E-state index contributed by atoms with van der Waals surface area (Å²) < 4.78 is 26.7. The van der Waals surface area contributed by atoms with Crippen LogP contribution in [0.3, 0.4) is 0 Å². The van der Waals surface area contributed by atoms with Gasteiger partial charge in [0.2, 0.25) is 0 Å². The number of nitrogens with one attached hydrogen (secondary N) is 2. The summed E-state index contributed by atoms with van der Waals surface area (Å²) in [5.74, 6) is -0.852. The molecule has 0 bridgehead atoms. The number of halogens is 2. The van der Waals surface area contributed by atoms with Gasteiger partial charge in [-0.25, -0.2) is 18.7 Å². The molecule has 0 saturated heterocycles. The van der Waals surface area contributed by atoms with Gasteiger partial charge in [-0.1, -0.05) is 24.3 Å². The Morgan fingerprint density at radius 1 is 1.00 bits per heavy atom. The number of rotatable bonds is 5. The Morgan fingerprint density at radius 2 is 1.84 bits per heavy atom. The Labute approximate surface area is 142 Å². The van der Waals surface area contributed by atoms with Crippen LogP contribution in [0.15, 0.2) is 60.9 Å². The van der Waals surface area contributed by atoms with E-state index in [1.165, 1.54) is 30.6 Å². The van der Waals surface area contributed by atoms with E-state index in [-0.39, 0.29) is 23.9 Å². The van der Waals surface area contributed by atoms with Crippen molar-refractivity contribution in [3.63, 3.8) is 0 Å². The average molecular weight is 340 g/mol. The lowest BCUT2D eigenvalue weighted by molar-refractivity contribution is 0.0945. The second-order valence-electron chi connectivity index (χ2n) is 5.20. The zero-order valence-electron chi connectivity index (χ0n) is 13.0. The van der Waals surface area contributed by atoms with E-state index in [4.69, 9.17) is 0 Å². The molecule has 0 saturated carbocycles. The van der Waals surface area contributed by atoms with E-state index in [1.54, 1.807) is 30.3 Å². The molecular formula is C18H14F2N4O. The van der Waals surface area contributed by atoms with Crippen molar-refractivity contribution in [1.29, 1.82) is 0 Å². The van der Waals surface area contributed by atoms with Gasteiger partial charge >= 0.3 is 0 Å². The lowest BCUT2D eigenvalue weighted by Gasteiger charge is -2.07. The molecule has 0 radical (unpaired) electrons. The number of hydrogen-bond acceptors (Lipinski definition) is 4. The van der Waals surface area contributed by atoms with Crippen molar-refractivity contribution < 1.29 is 13.6 Å². The molecule has 0 spiro atoms. The SMILES string of the molecule is O=C(NCc1ccccc1F)c1cnc(Nc2cccc(F)c2)cn1. The van der Waals surface area contributed by atoms with Gasteiger partial charge in [0, 0.05) is 17.8 Å². The van der Waals surface area contributed by atoms with Gasteiger partial charge in [0.15, 0.2) is 0 Å². The summed E-state index contributed by atoms with van der Waals surface area (Å²) in [6.07, 6.45) is 2.65. The molecule has 3 rings (SSSR count). The fraction of sp³-hybridized carbons (Fsp3) is 0.0556. The number of carbonyl (C=O) groups is 1. The molecule has 25 heavy (non-hydrogen) atoms. The normalized spacial score (nSPS) is 10.3. The highest BCUT2D eigenvalue weighted by Crippen LogP contribution is 2.14. The quantitative estimate of drug-likeness (QED) is 0.747. The molecule has 7 heteroatoms. The number of hydrogen-bond donors (Lipinski definition) is 2. The van der Waals surface area contributed by atoms with Crippen LogP contribution >= 0.6 is 0 Å². The molecule has 0 aliphatic heterocycles. The maximum atomic E-state index is 13.5. The van der Waals surface area contributed by atoms with Crippen LogP contribution < -0.4 is 10.6 Å². The molecule has 1 aromatic heterocycles. The summed E-state index contributed by atoms with van der Waals surface area (Å²) in [5.41, 5.74) is 1.00. The standard InChI is InChI=1S/C18H14F2N4O/c19-13-5-3-6-14(8-13)24-17-11-21-16(10-22-17)18(25)23-9-12-4-1-2-7-15(12)20/h1-8,10-11H,9H2,(H,22,24)(H,23,25). The minimum atomic E-state index is -0.465. The van der Waals surface area contributed by atoms with E-state index >= 15 is 0 Å². The Kier molecular flexibility index (Phi) is 4.94. The first-order chi connectivity index (χ1) is 12.1. The van der Waals surface area contributed by atoms with Gasteiger partial charge in [0.05, 0.1) is 12.4 Å². The topological polar surface area (TPSA) is 66.9 Å². The number of amides is 1. The minimum Gasteiger partial charge on any atom is -0.346 e. The smallest absolute Gasteiger partial charge is 0.271 e. The minimum absolute atomic E-state index is 0.0521. The summed E-state index contributed by atoms with van der Waals surface area (Å²) in [6, 6.07) is 12.1. The molecule has 0 aliphatic carbocycles. The Balaban J connectivity index is 1.61. The summed E-state index contributed by atoms with van der Waals surface area (Å²) in [5, 5.41) is 5.46. The second-order valence-corrected chi connectivity index (χ2v) is 5.20. The fourth-order valence-electron chi connectivity index (χ4n) is 2.13. The largest absolute Gasteiger partial charge is 0.346 e. The van der Waals surface area contributed by atoms with Crippen LogP contribution in [0, 0.1) is 11.6 Å². The van der Waals surface area contributed by atoms with Crippen molar-refractivity contribution in [2.45, 2.75) is 6.54 Å². The summed E-state index contributed by atoms with van der Waals surface area (Å²) in [7, 11) is 0. The number of benzene rings is 2. The molecule has 0 fully saturated rings. The van der Waals surface area contributed by atoms with Gasteiger partial charge in [-0.3, -0.25) is 4.79 Å². The van der Waals surface area contributed by atoms with Crippen molar-refractivity contribution in [2.24, 2.45) is 0 Å². The van der Waals surface area contributed by atoms with Gasteiger partial charge in [-0.15, -0.1) is 0 Å². The van der Waals surface area contributed by atoms with Crippen LogP contribution in [0.1, 0.15) is 16.1 Å². The Hall–Kier alpha value is -3.35. The Bertz CT molecular complexity index is 884.